The van der Waals surface area contributed by atoms with E-state index in [1.54, 1.807) is 17.0 Å². The van der Waals surface area contributed by atoms with Crippen molar-refractivity contribution < 1.29 is 14.2 Å². The molecule has 1 aliphatic carbocycles. The molecule has 1 aliphatic heterocycles. The summed E-state index contributed by atoms with van der Waals surface area (Å²) < 4.78 is 15.6. The Morgan fingerprint density at radius 3 is 2.42 bits per heavy atom. The zero-order valence-electron chi connectivity index (χ0n) is 15.5. The summed E-state index contributed by atoms with van der Waals surface area (Å²) >= 11 is 0. The summed E-state index contributed by atoms with van der Waals surface area (Å²) in [5.74, 6) is 0.746. The summed E-state index contributed by atoms with van der Waals surface area (Å²) in [4.78, 5) is 3.05. The summed E-state index contributed by atoms with van der Waals surface area (Å²) in [7, 11) is 2.25. The van der Waals surface area contributed by atoms with E-state index < -0.39 is 0 Å². The number of nitrogens with zero attached hydrogens (tertiary/aromatic N) is 4. The van der Waals surface area contributed by atoms with Gasteiger partial charge in [-0.25, -0.2) is 9.07 Å². The minimum absolute atomic E-state index is 0.0700. The lowest BCUT2D eigenvalue weighted by atomic mass is 9.95. The van der Waals surface area contributed by atoms with Crippen LogP contribution in [0.2, 0.25) is 0 Å². The summed E-state index contributed by atoms with van der Waals surface area (Å²) in [6.07, 6.45) is 6.10. The molecule has 1 saturated heterocycles. The van der Waals surface area contributed by atoms with Crippen LogP contribution in [0.5, 0.6) is 0 Å². The molecular formula is C19H29FN6+2. The molecule has 1 aromatic carbocycles. The van der Waals surface area contributed by atoms with Gasteiger partial charge in [0.1, 0.15) is 32.0 Å². The van der Waals surface area contributed by atoms with E-state index in [0.717, 1.165) is 50.4 Å². The van der Waals surface area contributed by atoms with Crippen molar-refractivity contribution in [3.05, 3.63) is 41.5 Å². The van der Waals surface area contributed by atoms with Gasteiger partial charge in [-0.2, -0.15) is 0 Å². The van der Waals surface area contributed by atoms with Gasteiger partial charge in [-0.3, -0.25) is 0 Å². The lowest BCUT2D eigenvalue weighted by molar-refractivity contribution is -1.02. The Labute approximate surface area is 154 Å². The maximum Gasteiger partial charge on any atom is 0.214 e. The monoisotopic (exact) mass is 360 g/mol. The van der Waals surface area contributed by atoms with E-state index in [1.165, 1.54) is 24.2 Å². The molecule has 26 heavy (non-hydrogen) atoms. The van der Waals surface area contributed by atoms with Gasteiger partial charge in [-0.15, -0.1) is 5.10 Å². The van der Waals surface area contributed by atoms with E-state index in [9.17, 15) is 4.39 Å². The lowest BCUT2D eigenvalue weighted by Crippen LogP contribution is -3.27. The lowest BCUT2D eigenvalue weighted by Gasteiger charge is -2.33. The van der Waals surface area contributed by atoms with Gasteiger partial charge in [0.15, 0.2) is 6.04 Å². The van der Waals surface area contributed by atoms with Gasteiger partial charge in [-0.05, 0) is 47.5 Å². The molecule has 7 heteroatoms. The molecule has 140 valence electrons. The molecule has 6 nitrogen and oxygen atoms in total. The van der Waals surface area contributed by atoms with Crippen molar-refractivity contribution in [1.29, 1.82) is 0 Å². The molecule has 0 amide bonds. The van der Waals surface area contributed by atoms with Crippen LogP contribution in [-0.2, 0) is 0 Å². The number of piperazine rings is 1. The predicted octanol–water partition coefficient (Wildman–Crippen LogP) is -0.180. The molecule has 0 unspecified atom stereocenters. The molecule has 4 rings (SSSR count). The Morgan fingerprint density at radius 1 is 1.04 bits per heavy atom. The number of rotatable bonds is 4. The maximum atomic E-state index is 13.5. The third-order valence-corrected chi connectivity index (χ3v) is 6.05. The third kappa shape index (κ3) is 3.64. The number of aromatic nitrogens is 4. The molecule has 2 fully saturated rings. The second kappa shape index (κ2) is 7.80. The van der Waals surface area contributed by atoms with Crippen LogP contribution in [0.4, 0.5) is 4.39 Å². The highest BCUT2D eigenvalue weighted by Crippen LogP contribution is 2.30. The van der Waals surface area contributed by atoms with Crippen molar-refractivity contribution in [2.75, 3.05) is 33.2 Å². The Morgan fingerprint density at radius 2 is 1.73 bits per heavy atom. The number of nitrogens with one attached hydrogen (secondary N) is 2. The highest BCUT2D eigenvalue weighted by atomic mass is 19.1. The highest BCUT2D eigenvalue weighted by molar-refractivity contribution is 5.23. The molecule has 2 heterocycles. The van der Waals surface area contributed by atoms with Gasteiger partial charge in [0.25, 0.3) is 0 Å². The van der Waals surface area contributed by atoms with Crippen molar-refractivity contribution in [2.24, 2.45) is 0 Å². The van der Waals surface area contributed by atoms with Crippen molar-refractivity contribution in [3.63, 3.8) is 0 Å². The zero-order valence-corrected chi connectivity index (χ0v) is 15.5. The van der Waals surface area contributed by atoms with E-state index in [1.807, 2.05) is 12.1 Å². The fraction of sp³-hybridized carbons (Fsp3) is 0.632. The van der Waals surface area contributed by atoms with Gasteiger partial charge >= 0.3 is 0 Å². The van der Waals surface area contributed by atoms with Crippen LogP contribution in [0, 0.1) is 5.82 Å². The van der Waals surface area contributed by atoms with E-state index >= 15 is 0 Å². The maximum absolute atomic E-state index is 13.5. The molecule has 1 saturated carbocycles. The van der Waals surface area contributed by atoms with Gasteiger partial charge < -0.3 is 9.80 Å². The van der Waals surface area contributed by atoms with E-state index in [2.05, 4.69) is 27.3 Å². The third-order valence-electron chi connectivity index (χ3n) is 6.05. The zero-order chi connectivity index (χ0) is 17.9. The molecule has 2 N–H and O–H groups in total. The molecule has 1 aromatic heterocycles. The minimum Gasteiger partial charge on any atom is -0.328 e. The van der Waals surface area contributed by atoms with Crippen LogP contribution in [0.25, 0.3) is 0 Å². The largest absolute Gasteiger partial charge is 0.328 e. The SMILES string of the molecule is C[NH+]1CC[NH+]([C@H](c2ccc(F)cc2)c2nnnn2C2CCCCC2)CC1. The van der Waals surface area contributed by atoms with Crippen LogP contribution < -0.4 is 9.80 Å². The first-order chi connectivity index (χ1) is 12.7. The van der Waals surface area contributed by atoms with Crippen LogP contribution >= 0.6 is 0 Å². The Bertz CT molecular complexity index is 701. The standard InChI is InChI=1S/C19H27FN6/c1-24-11-13-25(14-12-24)18(15-7-9-16(20)10-8-15)19-21-22-23-26(19)17-5-3-2-4-6-17/h7-10,17-18H,2-6,11-14H2,1H3/p+2/t18-/m1/s1. The quantitative estimate of drug-likeness (QED) is 0.795. The number of benzene rings is 1. The van der Waals surface area contributed by atoms with Crippen LogP contribution in [0.1, 0.15) is 55.6 Å². The first-order valence-corrected chi connectivity index (χ1v) is 9.91. The van der Waals surface area contributed by atoms with Crippen LogP contribution in [0.3, 0.4) is 0 Å². The molecular weight excluding hydrogens is 331 g/mol. The Hall–Kier alpha value is -1.86. The van der Waals surface area contributed by atoms with Crippen LogP contribution in [-0.4, -0.2) is 53.4 Å². The first kappa shape index (κ1) is 17.5. The van der Waals surface area contributed by atoms with Crippen molar-refractivity contribution >= 4 is 0 Å². The van der Waals surface area contributed by atoms with E-state index in [4.69, 9.17) is 0 Å². The van der Waals surface area contributed by atoms with Gasteiger partial charge in [-0.1, -0.05) is 19.3 Å². The molecule has 0 bridgehead atoms. The van der Waals surface area contributed by atoms with Crippen molar-refractivity contribution in [3.8, 4) is 0 Å². The van der Waals surface area contributed by atoms with Crippen LogP contribution in [0.15, 0.2) is 24.3 Å². The molecule has 0 spiro atoms. The second-order valence-electron chi connectivity index (χ2n) is 7.87. The smallest absolute Gasteiger partial charge is 0.214 e. The highest BCUT2D eigenvalue weighted by Gasteiger charge is 2.36. The number of likely N-dealkylation sites (N-methyl/N-ethyl adjacent to an activating group) is 1. The van der Waals surface area contributed by atoms with Gasteiger partial charge in [0.2, 0.25) is 5.82 Å². The van der Waals surface area contributed by atoms with Gasteiger partial charge in [0, 0.05) is 5.56 Å². The second-order valence-corrected chi connectivity index (χ2v) is 7.87. The summed E-state index contributed by atoms with van der Waals surface area (Å²) in [5, 5.41) is 12.9. The predicted molar refractivity (Wildman–Crippen MR) is 95.5 cm³/mol. The van der Waals surface area contributed by atoms with E-state index in [-0.39, 0.29) is 11.9 Å². The average Bonchev–Trinajstić information content (AvgIpc) is 3.15. The summed E-state index contributed by atoms with van der Waals surface area (Å²) in [6.45, 7) is 4.42. The van der Waals surface area contributed by atoms with Crippen molar-refractivity contribution in [2.45, 2.75) is 44.2 Å². The number of tetrazole rings is 1. The normalized spacial score (nSPS) is 25.9. The first-order valence-electron chi connectivity index (χ1n) is 9.91. The molecule has 2 aromatic rings. The molecule has 2 aliphatic rings. The fourth-order valence-electron chi connectivity index (χ4n) is 4.49. The average molecular weight is 360 g/mol. The Kier molecular flexibility index (Phi) is 5.26. The number of hydrogen-bond acceptors (Lipinski definition) is 3. The van der Waals surface area contributed by atoms with Gasteiger partial charge in [0.05, 0.1) is 13.1 Å². The Balaban J connectivity index is 1.69. The molecule has 1 atom stereocenters. The van der Waals surface area contributed by atoms with Crippen molar-refractivity contribution in [1.82, 2.24) is 20.2 Å². The number of hydrogen-bond donors (Lipinski definition) is 2. The molecule has 0 radical (unpaired) electrons. The number of quaternary nitrogens is 2. The summed E-state index contributed by atoms with van der Waals surface area (Å²) in [5.41, 5.74) is 1.10. The fourth-order valence-corrected chi connectivity index (χ4v) is 4.49. The van der Waals surface area contributed by atoms with E-state index in [0.29, 0.717) is 6.04 Å². The number of halogens is 1. The summed E-state index contributed by atoms with van der Waals surface area (Å²) in [6, 6.07) is 7.38. The topological polar surface area (TPSA) is 52.5 Å². The minimum atomic E-state index is -0.197.